The molecule has 1 N–H and O–H groups in total. The van der Waals surface area contributed by atoms with Crippen molar-refractivity contribution in [3.8, 4) is 0 Å². The van der Waals surface area contributed by atoms with Crippen LogP contribution in [0.4, 0.5) is 0 Å². The first kappa shape index (κ1) is 12.1. The molecule has 0 aliphatic rings. The lowest BCUT2D eigenvalue weighted by molar-refractivity contribution is 0.236. The van der Waals surface area contributed by atoms with Crippen molar-refractivity contribution in [2.24, 2.45) is 5.41 Å². The Bertz CT molecular complexity index is 282. The van der Waals surface area contributed by atoms with Crippen molar-refractivity contribution >= 4 is 0 Å². The first-order valence-electron chi connectivity index (χ1n) is 5.60. The van der Waals surface area contributed by atoms with Crippen LogP contribution in [0.5, 0.6) is 0 Å². The molecule has 3 heteroatoms. The second-order valence-corrected chi connectivity index (χ2v) is 4.50. The van der Waals surface area contributed by atoms with Crippen LogP contribution in [0.2, 0.25) is 0 Å². The number of nitrogens with one attached hydrogen (secondary N) is 1. The molecule has 0 saturated heterocycles. The lowest BCUT2D eigenvalue weighted by Crippen LogP contribution is -2.34. The van der Waals surface area contributed by atoms with Gasteiger partial charge in [-0.2, -0.15) is 0 Å². The van der Waals surface area contributed by atoms with Gasteiger partial charge < -0.3 is 5.32 Å². The average molecular weight is 207 g/mol. The van der Waals surface area contributed by atoms with E-state index in [-0.39, 0.29) is 5.41 Å². The number of nitrogens with zero attached hydrogens (tertiary/aromatic N) is 2. The average Bonchev–Trinajstić information content (AvgIpc) is 2.27. The van der Waals surface area contributed by atoms with Crippen LogP contribution < -0.4 is 5.32 Å². The Balaban J connectivity index is 2.93. The minimum atomic E-state index is 0.223. The summed E-state index contributed by atoms with van der Waals surface area (Å²) in [4.78, 5) is 8.17. The quantitative estimate of drug-likeness (QED) is 0.806. The monoisotopic (exact) mass is 207 g/mol. The molecule has 1 atom stereocenters. The Hall–Kier alpha value is -0.960. The summed E-state index contributed by atoms with van der Waals surface area (Å²) < 4.78 is 0. The van der Waals surface area contributed by atoms with Gasteiger partial charge in [-0.05, 0) is 18.4 Å². The Kier molecular flexibility index (Phi) is 4.21. The van der Waals surface area contributed by atoms with E-state index in [0.29, 0.717) is 6.04 Å². The Labute approximate surface area is 92.3 Å². The molecule has 1 rings (SSSR count). The molecule has 0 radical (unpaired) electrons. The third-order valence-electron chi connectivity index (χ3n) is 3.01. The van der Waals surface area contributed by atoms with Crippen molar-refractivity contribution in [1.29, 1.82) is 0 Å². The summed E-state index contributed by atoms with van der Waals surface area (Å²) >= 11 is 0. The summed E-state index contributed by atoms with van der Waals surface area (Å²) in [7, 11) is 0. The van der Waals surface area contributed by atoms with Gasteiger partial charge in [0.05, 0.1) is 0 Å². The van der Waals surface area contributed by atoms with Crippen molar-refractivity contribution in [3.63, 3.8) is 0 Å². The zero-order valence-electron chi connectivity index (χ0n) is 10.1. The maximum Gasteiger partial charge on any atom is 0.115 e. The van der Waals surface area contributed by atoms with Crippen molar-refractivity contribution in [2.75, 3.05) is 6.54 Å². The SMILES string of the molecule is CCNC(c1cncnc1)C(C)(C)CC. The van der Waals surface area contributed by atoms with Crippen LogP contribution in [0, 0.1) is 5.41 Å². The van der Waals surface area contributed by atoms with Crippen molar-refractivity contribution < 1.29 is 0 Å². The topological polar surface area (TPSA) is 37.8 Å². The van der Waals surface area contributed by atoms with E-state index in [1.165, 1.54) is 5.56 Å². The molecule has 0 bridgehead atoms. The minimum Gasteiger partial charge on any atom is -0.310 e. The maximum absolute atomic E-state index is 4.08. The van der Waals surface area contributed by atoms with Gasteiger partial charge in [0, 0.05) is 24.0 Å². The minimum absolute atomic E-state index is 0.223. The zero-order valence-corrected chi connectivity index (χ0v) is 10.1. The van der Waals surface area contributed by atoms with Crippen LogP contribution in [0.3, 0.4) is 0 Å². The summed E-state index contributed by atoms with van der Waals surface area (Å²) in [6.45, 7) is 9.85. The predicted octanol–water partition coefficient (Wildman–Crippen LogP) is 2.56. The number of aromatic nitrogens is 2. The Morgan fingerprint density at radius 3 is 2.33 bits per heavy atom. The molecule has 1 unspecified atom stereocenters. The summed E-state index contributed by atoms with van der Waals surface area (Å²) in [5.74, 6) is 0. The first-order valence-corrected chi connectivity index (χ1v) is 5.60. The van der Waals surface area contributed by atoms with E-state index in [1.807, 2.05) is 12.4 Å². The van der Waals surface area contributed by atoms with Gasteiger partial charge >= 0.3 is 0 Å². The highest BCUT2D eigenvalue weighted by Gasteiger charge is 2.28. The third kappa shape index (κ3) is 2.99. The lowest BCUT2D eigenvalue weighted by Gasteiger charge is -2.34. The number of rotatable bonds is 5. The van der Waals surface area contributed by atoms with E-state index >= 15 is 0 Å². The molecule has 3 nitrogen and oxygen atoms in total. The third-order valence-corrected chi connectivity index (χ3v) is 3.01. The number of hydrogen-bond acceptors (Lipinski definition) is 3. The molecule has 0 spiro atoms. The number of hydrogen-bond donors (Lipinski definition) is 1. The lowest BCUT2D eigenvalue weighted by atomic mass is 9.79. The second-order valence-electron chi connectivity index (χ2n) is 4.50. The molecule has 1 aromatic heterocycles. The molecule has 15 heavy (non-hydrogen) atoms. The van der Waals surface area contributed by atoms with Gasteiger partial charge in [0.2, 0.25) is 0 Å². The van der Waals surface area contributed by atoms with E-state index in [9.17, 15) is 0 Å². The summed E-state index contributed by atoms with van der Waals surface area (Å²) in [6.07, 6.45) is 6.50. The Morgan fingerprint density at radius 2 is 1.87 bits per heavy atom. The fourth-order valence-corrected chi connectivity index (χ4v) is 1.71. The van der Waals surface area contributed by atoms with Gasteiger partial charge in [0.15, 0.2) is 0 Å². The van der Waals surface area contributed by atoms with Crippen molar-refractivity contribution in [2.45, 2.75) is 40.2 Å². The van der Waals surface area contributed by atoms with Crippen LogP contribution >= 0.6 is 0 Å². The molecule has 1 heterocycles. The van der Waals surface area contributed by atoms with Crippen molar-refractivity contribution in [1.82, 2.24) is 15.3 Å². The van der Waals surface area contributed by atoms with Crippen LogP contribution in [-0.4, -0.2) is 16.5 Å². The first-order chi connectivity index (χ1) is 7.11. The zero-order chi connectivity index (χ0) is 11.3. The largest absolute Gasteiger partial charge is 0.310 e. The van der Waals surface area contributed by atoms with E-state index in [4.69, 9.17) is 0 Å². The van der Waals surface area contributed by atoms with Gasteiger partial charge in [0.25, 0.3) is 0 Å². The van der Waals surface area contributed by atoms with Gasteiger partial charge in [-0.1, -0.05) is 27.7 Å². The molecular weight excluding hydrogens is 186 g/mol. The standard InChI is InChI=1S/C12H21N3/c1-5-12(3,4)11(15-6-2)10-7-13-9-14-8-10/h7-9,11,15H,5-6H2,1-4H3. The van der Waals surface area contributed by atoms with Gasteiger partial charge in [0.1, 0.15) is 6.33 Å². The molecule has 0 aromatic carbocycles. The molecule has 0 aliphatic carbocycles. The molecule has 0 aliphatic heterocycles. The maximum atomic E-state index is 4.08. The fourth-order valence-electron chi connectivity index (χ4n) is 1.71. The van der Waals surface area contributed by atoms with E-state index in [1.54, 1.807) is 6.33 Å². The fraction of sp³-hybridized carbons (Fsp3) is 0.667. The van der Waals surface area contributed by atoms with E-state index in [0.717, 1.165) is 13.0 Å². The van der Waals surface area contributed by atoms with E-state index in [2.05, 4.69) is 43.0 Å². The second kappa shape index (κ2) is 5.21. The summed E-state index contributed by atoms with van der Waals surface area (Å²) in [5.41, 5.74) is 1.40. The highest BCUT2D eigenvalue weighted by molar-refractivity contribution is 5.12. The van der Waals surface area contributed by atoms with Crippen LogP contribution in [-0.2, 0) is 0 Å². The molecule has 0 amide bonds. The van der Waals surface area contributed by atoms with Gasteiger partial charge in [-0.15, -0.1) is 0 Å². The highest BCUT2D eigenvalue weighted by atomic mass is 14.9. The normalized spacial score (nSPS) is 13.9. The molecule has 0 fully saturated rings. The molecular formula is C12H21N3. The predicted molar refractivity (Wildman–Crippen MR) is 62.5 cm³/mol. The van der Waals surface area contributed by atoms with Crippen LogP contribution in [0.25, 0.3) is 0 Å². The Morgan fingerprint density at radius 1 is 1.27 bits per heavy atom. The molecule has 84 valence electrons. The summed E-state index contributed by atoms with van der Waals surface area (Å²) in [5, 5.41) is 3.51. The van der Waals surface area contributed by atoms with Crippen LogP contribution in [0.1, 0.15) is 45.7 Å². The van der Waals surface area contributed by atoms with Crippen molar-refractivity contribution in [3.05, 3.63) is 24.3 Å². The highest BCUT2D eigenvalue weighted by Crippen LogP contribution is 2.35. The summed E-state index contributed by atoms with van der Waals surface area (Å²) in [6, 6.07) is 0.328. The van der Waals surface area contributed by atoms with Gasteiger partial charge in [-0.3, -0.25) is 0 Å². The smallest absolute Gasteiger partial charge is 0.115 e. The van der Waals surface area contributed by atoms with Gasteiger partial charge in [-0.25, -0.2) is 9.97 Å². The van der Waals surface area contributed by atoms with E-state index < -0.39 is 0 Å². The molecule has 0 saturated carbocycles. The van der Waals surface area contributed by atoms with Crippen LogP contribution in [0.15, 0.2) is 18.7 Å². The molecule has 1 aromatic rings.